The lowest BCUT2D eigenvalue weighted by Gasteiger charge is -2.22. The Hall–Kier alpha value is -5.67. The topological polar surface area (TPSA) is 175 Å². The van der Waals surface area contributed by atoms with Crippen LogP contribution in [-0.4, -0.2) is 89.3 Å². The minimum absolute atomic E-state index is 0.0746. The molecule has 3 heterocycles. The standard InChI is InChI=1S/C28H37N5O3.C18H21N3O2S.C6H14/c1-2-15-31-32-28(35)12-11-22-7-9-23(10-8-22)21-33(17-19-36-18-14-27(29)34)16-13-24-20-30-26-6-4-3-5-25(24)26;1-12(20-18(23)16-4-3-9-21(16)11-22)14-5-7-15(8-6-14)17-13(2)19-10-24-17;1-5-6(2,3)4/h3-12,20,30-31H,2,13-19,21H2,1H3,(H2,29,34)(H,32,35);5-8,10-12,16H,3-4,9H2,1-2H3,(H,20,23);5H2,1-4H3/b12-11+;;. The fourth-order valence-corrected chi connectivity index (χ4v) is 7.74. The molecule has 6 rings (SSSR count). The molecular weight excluding hydrogens is 849 g/mol. The van der Waals surface area contributed by atoms with E-state index in [2.05, 4.69) is 107 Å². The van der Waals surface area contributed by atoms with Crippen molar-refractivity contribution < 1.29 is 23.9 Å². The van der Waals surface area contributed by atoms with Gasteiger partial charge in [-0.2, -0.15) is 0 Å². The lowest BCUT2D eigenvalue weighted by atomic mass is 9.94. The third-order valence-corrected chi connectivity index (χ3v) is 12.4. The molecule has 356 valence electrons. The first kappa shape index (κ1) is 52.9. The molecule has 2 atom stereocenters. The van der Waals surface area contributed by atoms with Gasteiger partial charge in [-0.15, -0.1) is 11.3 Å². The van der Waals surface area contributed by atoms with E-state index in [1.807, 2.05) is 56.6 Å². The number of H-pyrrole nitrogens is 1. The first-order valence-corrected chi connectivity index (χ1v) is 24.0. The second kappa shape index (κ2) is 27.7. The van der Waals surface area contributed by atoms with Crippen molar-refractivity contribution in [3.8, 4) is 10.4 Å². The second-order valence-electron chi connectivity index (χ2n) is 17.7. The Morgan fingerprint density at radius 3 is 2.41 bits per heavy atom. The van der Waals surface area contributed by atoms with Gasteiger partial charge in [0.05, 0.1) is 35.3 Å². The van der Waals surface area contributed by atoms with Gasteiger partial charge >= 0.3 is 0 Å². The van der Waals surface area contributed by atoms with Crippen molar-refractivity contribution in [3.05, 3.63) is 119 Å². The number of nitrogens with two attached hydrogens (primary N) is 1. The Bertz CT molecular complexity index is 2260. The molecule has 1 saturated heterocycles. The van der Waals surface area contributed by atoms with Crippen LogP contribution in [0.4, 0.5) is 0 Å². The van der Waals surface area contributed by atoms with Crippen LogP contribution >= 0.6 is 11.3 Å². The number of carbonyl (C=O) groups is 4. The fourth-order valence-electron chi connectivity index (χ4n) is 6.93. The molecule has 2 aromatic heterocycles. The van der Waals surface area contributed by atoms with Gasteiger partial charge in [-0.25, -0.2) is 10.4 Å². The van der Waals surface area contributed by atoms with E-state index in [-0.39, 0.29) is 36.2 Å². The van der Waals surface area contributed by atoms with Crippen molar-refractivity contribution in [2.75, 3.05) is 39.4 Å². The van der Waals surface area contributed by atoms with Crippen molar-refractivity contribution >= 4 is 52.4 Å². The second-order valence-corrected chi connectivity index (χ2v) is 18.6. The van der Waals surface area contributed by atoms with E-state index in [1.54, 1.807) is 22.3 Å². The predicted octanol–water partition coefficient (Wildman–Crippen LogP) is 8.51. The number of aromatic amines is 1. The maximum atomic E-state index is 12.4. The number of ether oxygens (including phenoxy) is 1. The van der Waals surface area contributed by atoms with Crippen LogP contribution in [0.1, 0.15) is 108 Å². The summed E-state index contributed by atoms with van der Waals surface area (Å²) in [4.78, 5) is 58.9. The van der Waals surface area contributed by atoms with E-state index < -0.39 is 0 Å². The first-order valence-electron chi connectivity index (χ1n) is 23.2. The molecule has 0 spiro atoms. The number of nitrogens with zero attached hydrogens (tertiary/aromatic N) is 3. The van der Waals surface area contributed by atoms with Gasteiger partial charge in [-0.3, -0.25) is 29.5 Å². The maximum Gasteiger partial charge on any atom is 0.258 e. The van der Waals surface area contributed by atoms with Crippen LogP contribution in [0.15, 0.2) is 90.6 Å². The van der Waals surface area contributed by atoms with Crippen molar-refractivity contribution in [2.24, 2.45) is 11.1 Å². The number of hydrogen-bond acceptors (Lipinski definition) is 9. The van der Waals surface area contributed by atoms with Crippen molar-refractivity contribution in [2.45, 2.75) is 106 Å². The number of hydrazine groups is 1. The third-order valence-electron chi connectivity index (χ3n) is 11.4. The lowest BCUT2D eigenvalue weighted by Crippen LogP contribution is -2.43. The van der Waals surface area contributed by atoms with E-state index in [0.29, 0.717) is 25.2 Å². The summed E-state index contributed by atoms with van der Waals surface area (Å²) < 4.78 is 5.63. The van der Waals surface area contributed by atoms with Gasteiger partial charge in [0, 0.05) is 62.3 Å². The van der Waals surface area contributed by atoms with Crippen LogP contribution in [0, 0.1) is 12.3 Å². The number of fused-ring (bicyclic) bond motifs is 1. The molecule has 1 aliphatic rings. The van der Waals surface area contributed by atoms with Crippen molar-refractivity contribution in [3.63, 3.8) is 0 Å². The zero-order chi connectivity index (χ0) is 47.9. The van der Waals surface area contributed by atoms with Crippen LogP contribution in [0.2, 0.25) is 0 Å². The van der Waals surface area contributed by atoms with Crippen LogP contribution in [0.3, 0.4) is 0 Å². The van der Waals surface area contributed by atoms with Crippen LogP contribution < -0.4 is 21.9 Å². The summed E-state index contributed by atoms with van der Waals surface area (Å²) in [6, 6.07) is 24.3. The summed E-state index contributed by atoms with van der Waals surface area (Å²) in [7, 11) is 0. The molecule has 13 nitrogen and oxygen atoms in total. The summed E-state index contributed by atoms with van der Waals surface area (Å²) in [5, 5.41) is 4.27. The smallest absolute Gasteiger partial charge is 0.258 e. The number of primary amides is 1. The minimum Gasteiger partial charge on any atom is -0.380 e. The Labute approximate surface area is 395 Å². The molecule has 4 amide bonds. The molecule has 0 aliphatic carbocycles. The summed E-state index contributed by atoms with van der Waals surface area (Å²) in [6.07, 6.45) is 11.2. The van der Waals surface area contributed by atoms with E-state index in [0.717, 1.165) is 86.2 Å². The summed E-state index contributed by atoms with van der Waals surface area (Å²) in [5.41, 5.74) is 20.9. The number of rotatable bonds is 21. The first-order chi connectivity index (χ1) is 31.7. The Morgan fingerprint density at radius 1 is 1.03 bits per heavy atom. The van der Waals surface area contributed by atoms with Gasteiger partial charge in [0.15, 0.2) is 0 Å². The van der Waals surface area contributed by atoms with E-state index in [9.17, 15) is 19.2 Å². The number of thiazole rings is 1. The van der Waals surface area contributed by atoms with Crippen LogP contribution in [0.25, 0.3) is 27.4 Å². The average molecular weight is 921 g/mol. The molecule has 0 bridgehead atoms. The highest BCUT2D eigenvalue weighted by Crippen LogP contribution is 2.28. The molecule has 0 saturated carbocycles. The number of para-hydroxylation sites is 1. The third kappa shape index (κ3) is 18.3. The number of carbonyl (C=O) groups excluding carboxylic acids is 4. The van der Waals surface area contributed by atoms with Gasteiger partial charge < -0.3 is 25.7 Å². The van der Waals surface area contributed by atoms with Gasteiger partial charge in [0.1, 0.15) is 6.04 Å². The molecule has 66 heavy (non-hydrogen) atoms. The number of benzene rings is 3. The normalized spacial score (nSPS) is 14.1. The molecule has 2 unspecified atom stereocenters. The lowest BCUT2D eigenvalue weighted by molar-refractivity contribution is -0.131. The number of likely N-dealkylation sites (tertiary alicyclic amines) is 1. The van der Waals surface area contributed by atoms with Gasteiger partial charge in [0.2, 0.25) is 18.2 Å². The van der Waals surface area contributed by atoms with Gasteiger partial charge in [0.25, 0.3) is 5.91 Å². The largest absolute Gasteiger partial charge is 0.380 e. The van der Waals surface area contributed by atoms with E-state index >= 15 is 0 Å². The quantitative estimate of drug-likeness (QED) is 0.0211. The highest BCUT2D eigenvalue weighted by Gasteiger charge is 2.30. The van der Waals surface area contributed by atoms with Crippen LogP contribution in [-0.2, 0) is 36.9 Å². The number of aryl methyl sites for hydroxylation is 1. The summed E-state index contributed by atoms with van der Waals surface area (Å²) in [5.74, 6) is -0.600. The molecule has 0 radical (unpaired) electrons. The summed E-state index contributed by atoms with van der Waals surface area (Å²) in [6.45, 7) is 19.6. The Kier molecular flexibility index (Phi) is 22.2. The highest BCUT2D eigenvalue weighted by molar-refractivity contribution is 7.13. The monoisotopic (exact) mass is 921 g/mol. The highest BCUT2D eigenvalue weighted by atomic mass is 32.1. The maximum absolute atomic E-state index is 12.4. The molecule has 3 aromatic carbocycles. The molecule has 5 aromatic rings. The Balaban J connectivity index is 0.000000272. The van der Waals surface area contributed by atoms with E-state index in [1.165, 1.54) is 33.9 Å². The van der Waals surface area contributed by atoms with Gasteiger partial charge in [-0.05, 0) is 84.9 Å². The molecule has 6 N–H and O–H groups in total. The number of hydrogen-bond donors (Lipinski definition) is 5. The molecule has 14 heteroatoms. The van der Waals surface area contributed by atoms with Crippen LogP contribution in [0.5, 0.6) is 0 Å². The van der Waals surface area contributed by atoms with Gasteiger partial charge in [-0.1, -0.05) is 108 Å². The SMILES string of the molecule is CCC(C)(C)C.CCCNNC(=O)/C=C/c1ccc(CN(CCOCCC(N)=O)CCc2c[nH]c3ccccc23)cc1.Cc1ncsc1-c1ccc(C(C)NC(=O)C2CCCN2C=O)cc1. The molecule has 1 fully saturated rings. The van der Waals surface area contributed by atoms with Crippen molar-refractivity contribution in [1.29, 1.82) is 0 Å². The number of amides is 4. The number of nitrogens with one attached hydrogen (secondary N) is 4. The Morgan fingerprint density at radius 2 is 1.76 bits per heavy atom. The number of aromatic nitrogens is 2. The zero-order valence-electron chi connectivity index (χ0n) is 40.0. The molecular formula is C52H72N8O5S. The summed E-state index contributed by atoms with van der Waals surface area (Å²) >= 11 is 1.63. The average Bonchev–Trinajstić information content (AvgIpc) is 4.08. The van der Waals surface area contributed by atoms with Crippen molar-refractivity contribution in [1.82, 2.24) is 35.9 Å². The predicted molar refractivity (Wildman–Crippen MR) is 268 cm³/mol. The molecule has 1 aliphatic heterocycles. The fraction of sp³-hybridized carbons (Fsp3) is 0.442. The van der Waals surface area contributed by atoms with E-state index in [4.69, 9.17) is 10.5 Å². The minimum atomic E-state index is -0.352. The zero-order valence-corrected chi connectivity index (χ0v) is 40.8.